The average Bonchev–Trinajstić information content (AvgIpc) is 3.26. The minimum absolute atomic E-state index is 0.0772. The van der Waals surface area contributed by atoms with Crippen molar-refractivity contribution in [3.05, 3.63) is 42.6 Å². The summed E-state index contributed by atoms with van der Waals surface area (Å²) in [4.78, 5) is 22.6. The van der Waals surface area contributed by atoms with E-state index in [2.05, 4.69) is 20.2 Å². The Balaban J connectivity index is 1.11. The number of piperidine rings is 1. The Bertz CT molecular complexity index is 1010. The van der Waals surface area contributed by atoms with Gasteiger partial charge in [0.15, 0.2) is 5.65 Å². The summed E-state index contributed by atoms with van der Waals surface area (Å²) in [6.45, 7) is 3.18. The predicted octanol–water partition coefficient (Wildman–Crippen LogP) is 3.99. The molecule has 8 heteroatoms. The largest absolute Gasteiger partial charge is 0.492 e. The number of benzene rings is 1. The molecule has 2 aliphatic rings. The van der Waals surface area contributed by atoms with E-state index in [1.807, 2.05) is 36.4 Å². The molecule has 1 N–H and O–H groups in total. The number of ether oxygens (including phenoxy) is 2. The predicted molar refractivity (Wildman–Crippen MR) is 120 cm³/mol. The number of pyridine rings is 1. The molecule has 0 radical (unpaired) electrons. The fourth-order valence-corrected chi connectivity index (χ4v) is 5.61. The van der Waals surface area contributed by atoms with E-state index in [-0.39, 0.29) is 5.91 Å². The van der Waals surface area contributed by atoms with Gasteiger partial charge in [0.2, 0.25) is 5.91 Å². The number of aromatic nitrogens is 2. The lowest BCUT2D eigenvalue weighted by atomic mass is 9.97. The van der Waals surface area contributed by atoms with E-state index in [0.717, 1.165) is 35.6 Å². The van der Waals surface area contributed by atoms with Crippen molar-refractivity contribution in [1.82, 2.24) is 20.2 Å². The molecule has 0 saturated carbocycles. The molecule has 162 valence electrons. The molecule has 31 heavy (non-hydrogen) atoms. The molecule has 2 saturated heterocycles. The third-order valence-corrected chi connectivity index (χ3v) is 6.97. The molecular weight excluding hydrogens is 412 g/mol. The standard InChI is InChI=1S/C23H26N4O3S/c1-15(28)25-16-13-17-4-5-18(14-16)27(17)11-12-29-19-6-8-20(9-7-19)30-23-26-22-21(31-23)3-2-10-24-22/h2-3,6-10,16-18H,4-5,11-14H2,1H3,(H,25,28)/t16-,17+,18-. The molecule has 3 aromatic rings. The van der Waals surface area contributed by atoms with Crippen LogP contribution in [0.1, 0.15) is 32.6 Å². The van der Waals surface area contributed by atoms with E-state index in [9.17, 15) is 4.79 Å². The van der Waals surface area contributed by atoms with Crippen molar-refractivity contribution < 1.29 is 14.3 Å². The van der Waals surface area contributed by atoms with Gasteiger partial charge in [0.25, 0.3) is 5.19 Å². The number of carbonyl (C=O) groups is 1. The Morgan fingerprint density at radius 3 is 2.61 bits per heavy atom. The van der Waals surface area contributed by atoms with E-state index in [1.165, 1.54) is 24.2 Å². The van der Waals surface area contributed by atoms with Crippen molar-refractivity contribution in [1.29, 1.82) is 0 Å². The van der Waals surface area contributed by atoms with Gasteiger partial charge in [-0.1, -0.05) is 11.3 Å². The summed E-state index contributed by atoms with van der Waals surface area (Å²) in [7, 11) is 0. The summed E-state index contributed by atoms with van der Waals surface area (Å²) in [5, 5.41) is 3.68. The third-order valence-electron chi connectivity index (χ3n) is 6.08. The zero-order chi connectivity index (χ0) is 21.2. The minimum atomic E-state index is 0.0772. The zero-order valence-electron chi connectivity index (χ0n) is 17.5. The number of hydrogen-bond donors (Lipinski definition) is 1. The summed E-state index contributed by atoms with van der Waals surface area (Å²) < 4.78 is 12.9. The van der Waals surface area contributed by atoms with Crippen LogP contribution in [0.5, 0.6) is 16.7 Å². The highest BCUT2D eigenvalue weighted by molar-refractivity contribution is 7.20. The van der Waals surface area contributed by atoms with E-state index in [4.69, 9.17) is 9.47 Å². The van der Waals surface area contributed by atoms with Gasteiger partial charge in [-0.15, -0.1) is 0 Å². The maximum atomic E-state index is 11.4. The van der Waals surface area contributed by atoms with Gasteiger partial charge in [-0.05, 0) is 62.1 Å². The van der Waals surface area contributed by atoms with E-state index >= 15 is 0 Å². The van der Waals surface area contributed by atoms with Crippen LogP contribution >= 0.6 is 11.3 Å². The lowest BCUT2D eigenvalue weighted by molar-refractivity contribution is -0.120. The van der Waals surface area contributed by atoms with Gasteiger partial charge in [-0.3, -0.25) is 9.69 Å². The molecule has 7 nitrogen and oxygen atoms in total. The Kier molecular flexibility index (Phi) is 5.74. The van der Waals surface area contributed by atoms with Crippen LogP contribution in [0.3, 0.4) is 0 Å². The molecular formula is C23H26N4O3S. The number of nitrogens with one attached hydrogen (secondary N) is 1. The van der Waals surface area contributed by atoms with Crippen LogP contribution < -0.4 is 14.8 Å². The number of rotatable bonds is 7. The van der Waals surface area contributed by atoms with Crippen LogP contribution in [0, 0.1) is 0 Å². The molecule has 1 amide bonds. The van der Waals surface area contributed by atoms with Crippen LogP contribution in [0.25, 0.3) is 10.3 Å². The summed E-state index contributed by atoms with van der Waals surface area (Å²) in [6.07, 6.45) is 6.25. The fourth-order valence-electron chi connectivity index (χ4n) is 4.81. The van der Waals surface area contributed by atoms with Gasteiger partial charge >= 0.3 is 0 Å². The Labute approximate surface area is 185 Å². The van der Waals surface area contributed by atoms with E-state index in [0.29, 0.717) is 35.6 Å². The first-order chi connectivity index (χ1) is 15.1. The van der Waals surface area contributed by atoms with Crippen molar-refractivity contribution in [3.63, 3.8) is 0 Å². The first kappa shape index (κ1) is 20.2. The second-order valence-corrected chi connectivity index (χ2v) is 9.21. The smallest absolute Gasteiger partial charge is 0.281 e. The van der Waals surface area contributed by atoms with Crippen LogP contribution in [-0.2, 0) is 4.79 Å². The van der Waals surface area contributed by atoms with Gasteiger partial charge < -0.3 is 14.8 Å². The number of nitrogens with zero attached hydrogens (tertiary/aromatic N) is 3. The van der Waals surface area contributed by atoms with Gasteiger partial charge in [0.05, 0.1) is 4.70 Å². The molecule has 5 rings (SSSR count). The molecule has 3 atom stereocenters. The van der Waals surface area contributed by atoms with Crippen molar-refractivity contribution in [2.24, 2.45) is 0 Å². The van der Waals surface area contributed by atoms with E-state index < -0.39 is 0 Å². The molecule has 1 aromatic carbocycles. The monoisotopic (exact) mass is 438 g/mol. The van der Waals surface area contributed by atoms with E-state index in [1.54, 1.807) is 13.1 Å². The lowest BCUT2D eigenvalue weighted by Crippen LogP contribution is -2.51. The number of thiazole rings is 1. The van der Waals surface area contributed by atoms with Gasteiger partial charge in [-0.2, -0.15) is 4.98 Å². The Morgan fingerprint density at radius 1 is 1.16 bits per heavy atom. The summed E-state index contributed by atoms with van der Waals surface area (Å²) in [5.74, 6) is 1.64. The number of fused-ring (bicyclic) bond motifs is 3. The maximum absolute atomic E-state index is 11.4. The highest BCUT2D eigenvalue weighted by Crippen LogP contribution is 2.35. The van der Waals surface area contributed by atoms with Crippen LogP contribution in [0.4, 0.5) is 0 Å². The highest BCUT2D eigenvalue weighted by atomic mass is 32.1. The fraction of sp³-hybridized carbons (Fsp3) is 0.435. The zero-order valence-corrected chi connectivity index (χ0v) is 18.3. The van der Waals surface area contributed by atoms with Crippen LogP contribution in [0.2, 0.25) is 0 Å². The van der Waals surface area contributed by atoms with Gasteiger partial charge in [0.1, 0.15) is 18.1 Å². The summed E-state index contributed by atoms with van der Waals surface area (Å²) >= 11 is 1.48. The van der Waals surface area contributed by atoms with Crippen LogP contribution in [-0.4, -0.2) is 52.1 Å². The second kappa shape index (κ2) is 8.80. The lowest BCUT2D eigenvalue weighted by Gasteiger charge is -2.39. The minimum Gasteiger partial charge on any atom is -0.492 e. The number of amides is 1. The van der Waals surface area contributed by atoms with Crippen LogP contribution in [0.15, 0.2) is 42.6 Å². The third kappa shape index (κ3) is 4.65. The summed E-state index contributed by atoms with van der Waals surface area (Å²) in [6, 6.07) is 13.0. The topological polar surface area (TPSA) is 76.6 Å². The molecule has 0 aliphatic carbocycles. The summed E-state index contributed by atoms with van der Waals surface area (Å²) in [5.41, 5.74) is 0.706. The molecule has 2 bridgehead atoms. The Hall–Kier alpha value is -2.71. The molecule has 4 heterocycles. The number of hydrogen-bond acceptors (Lipinski definition) is 7. The molecule has 0 spiro atoms. The number of carbonyl (C=O) groups excluding carboxylic acids is 1. The maximum Gasteiger partial charge on any atom is 0.281 e. The molecule has 2 aromatic heterocycles. The van der Waals surface area contributed by atoms with Gasteiger partial charge in [0, 0.05) is 37.8 Å². The van der Waals surface area contributed by atoms with Crippen molar-refractivity contribution in [2.45, 2.75) is 50.7 Å². The molecule has 0 unspecified atom stereocenters. The average molecular weight is 439 g/mol. The second-order valence-electron chi connectivity index (χ2n) is 8.22. The van der Waals surface area contributed by atoms with Crippen molar-refractivity contribution in [3.8, 4) is 16.7 Å². The Morgan fingerprint density at radius 2 is 1.90 bits per heavy atom. The quantitative estimate of drug-likeness (QED) is 0.601. The van der Waals surface area contributed by atoms with Gasteiger partial charge in [-0.25, -0.2) is 4.98 Å². The SMILES string of the molecule is CC(=O)N[C@H]1C[C@H]2CC[C@@H](C1)N2CCOc1ccc(Oc2nc3ncccc3s2)cc1. The first-order valence-corrected chi connectivity index (χ1v) is 11.6. The highest BCUT2D eigenvalue weighted by Gasteiger charge is 2.40. The first-order valence-electron chi connectivity index (χ1n) is 10.8. The molecule has 2 fully saturated rings. The molecule has 2 aliphatic heterocycles. The van der Waals surface area contributed by atoms with Crippen molar-refractivity contribution >= 4 is 27.6 Å². The normalized spacial score (nSPS) is 23.1. The van der Waals surface area contributed by atoms with Crippen molar-refractivity contribution in [2.75, 3.05) is 13.2 Å².